The number of carbonyl (C=O) groups excluding carboxylic acids is 2. The van der Waals surface area contributed by atoms with Crippen LogP contribution in [0.5, 0.6) is 0 Å². The van der Waals surface area contributed by atoms with Crippen LogP contribution in [0.3, 0.4) is 0 Å². The Kier molecular flexibility index (Phi) is 5.95. The summed E-state index contributed by atoms with van der Waals surface area (Å²) in [4.78, 5) is 59.2. The molecule has 0 aliphatic carbocycles. The maximum Gasteiger partial charge on any atom is 0.328 e. The van der Waals surface area contributed by atoms with E-state index in [1.807, 2.05) is 0 Å². The van der Waals surface area contributed by atoms with E-state index in [2.05, 4.69) is 10.4 Å². The minimum atomic E-state index is -0.947. The number of aromatic nitrogens is 2. The smallest absolute Gasteiger partial charge is 0.328 e. The van der Waals surface area contributed by atoms with Crippen LogP contribution in [-0.2, 0) is 20.9 Å². The van der Waals surface area contributed by atoms with Gasteiger partial charge in [0, 0.05) is 6.07 Å². The number of hydrogen-bond acceptors (Lipinski definition) is 7. The first-order chi connectivity index (χ1) is 14.7. The molecule has 0 radical (unpaired) electrons. The van der Waals surface area contributed by atoms with Crippen LogP contribution in [0, 0.1) is 24.0 Å². The third kappa shape index (κ3) is 4.66. The summed E-state index contributed by atoms with van der Waals surface area (Å²) in [7, 11) is 0. The Hall–Kier alpha value is -4.28. The maximum atomic E-state index is 12.4. The molecule has 11 nitrogen and oxygen atoms in total. The number of nitrogens with zero attached hydrogens (tertiary/aromatic N) is 2. The number of esters is 1. The fraction of sp³-hybridized carbons (Fsp3) is 0.200. The molecule has 2 aromatic carbocycles. The zero-order chi connectivity index (χ0) is 22.7. The van der Waals surface area contributed by atoms with Crippen molar-refractivity contribution in [1.82, 2.24) is 9.78 Å². The molecule has 0 saturated heterocycles. The molecule has 160 valence electrons. The Balaban J connectivity index is 1.68. The predicted molar refractivity (Wildman–Crippen MR) is 111 cm³/mol. The van der Waals surface area contributed by atoms with Crippen molar-refractivity contribution in [3.63, 3.8) is 0 Å². The van der Waals surface area contributed by atoms with Crippen LogP contribution in [0.1, 0.15) is 11.1 Å². The summed E-state index contributed by atoms with van der Waals surface area (Å²) in [5.74, 6) is -1.74. The van der Waals surface area contributed by atoms with Crippen molar-refractivity contribution in [1.29, 1.82) is 0 Å². The zero-order valence-electron chi connectivity index (χ0n) is 16.6. The lowest BCUT2D eigenvalue weighted by Gasteiger charge is -2.10. The number of nitro groups is 1. The highest BCUT2D eigenvalue weighted by Gasteiger charge is 2.19. The van der Waals surface area contributed by atoms with Gasteiger partial charge in [-0.15, -0.1) is 0 Å². The number of anilines is 1. The van der Waals surface area contributed by atoms with E-state index in [0.717, 1.165) is 10.2 Å². The number of aryl methyl sites for hydroxylation is 2. The van der Waals surface area contributed by atoms with Crippen LogP contribution in [0.2, 0.25) is 0 Å². The SMILES string of the molecule is Cc1cc(NC(=O)COC(=O)Cn2[nH]c(=O)c3ccccc3c2=O)c([N+](=O)[O-])cc1C. The molecule has 1 amide bonds. The van der Waals surface area contributed by atoms with Gasteiger partial charge in [0.25, 0.3) is 22.7 Å². The van der Waals surface area contributed by atoms with Gasteiger partial charge < -0.3 is 10.1 Å². The van der Waals surface area contributed by atoms with Gasteiger partial charge in [0.15, 0.2) is 6.61 Å². The monoisotopic (exact) mass is 426 g/mol. The molecule has 3 rings (SSSR count). The number of hydrogen-bond donors (Lipinski definition) is 2. The summed E-state index contributed by atoms with van der Waals surface area (Å²) >= 11 is 0. The number of nitro benzene ring substituents is 1. The minimum absolute atomic E-state index is 0.0239. The number of carbonyl (C=O) groups is 2. The van der Waals surface area contributed by atoms with Gasteiger partial charge in [-0.05, 0) is 43.2 Å². The Morgan fingerprint density at radius 3 is 2.45 bits per heavy atom. The van der Waals surface area contributed by atoms with Crippen LogP contribution < -0.4 is 16.4 Å². The molecule has 2 N–H and O–H groups in total. The number of benzene rings is 2. The van der Waals surface area contributed by atoms with Crippen molar-refractivity contribution >= 4 is 34.0 Å². The molecule has 0 saturated carbocycles. The number of aromatic amines is 1. The highest BCUT2D eigenvalue weighted by Crippen LogP contribution is 2.27. The van der Waals surface area contributed by atoms with Gasteiger partial charge in [0.05, 0.1) is 15.7 Å². The molecule has 0 aliphatic rings. The largest absolute Gasteiger partial charge is 0.454 e. The Bertz CT molecular complexity index is 1320. The van der Waals surface area contributed by atoms with Gasteiger partial charge in [-0.2, -0.15) is 0 Å². The van der Waals surface area contributed by atoms with E-state index >= 15 is 0 Å². The van der Waals surface area contributed by atoms with Crippen molar-refractivity contribution in [3.8, 4) is 0 Å². The van der Waals surface area contributed by atoms with Gasteiger partial charge in [0.2, 0.25) is 0 Å². The maximum absolute atomic E-state index is 12.4. The van der Waals surface area contributed by atoms with Crippen LogP contribution in [-0.4, -0.2) is 33.2 Å². The molecule has 31 heavy (non-hydrogen) atoms. The summed E-state index contributed by atoms with van der Waals surface area (Å²) in [5.41, 5.74) is -0.0408. The first kappa shape index (κ1) is 21.4. The molecule has 0 unspecified atom stereocenters. The fourth-order valence-corrected chi connectivity index (χ4v) is 2.92. The molecule has 3 aromatic rings. The third-order valence-corrected chi connectivity index (χ3v) is 4.62. The van der Waals surface area contributed by atoms with E-state index < -0.39 is 41.1 Å². The molecular weight excluding hydrogens is 408 g/mol. The number of H-pyrrole nitrogens is 1. The third-order valence-electron chi connectivity index (χ3n) is 4.62. The molecule has 1 heterocycles. The molecule has 1 aromatic heterocycles. The lowest BCUT2D eigenvalue weighted by Crippen LogP contribution is -2.33. The molecule has 0 bridgehead atoms. The fourth-order valence-electron chi connectivity index (χ4n) is 2.92. The second kappa shape index (κ2) is 8.61. The number of amides is 1. The molecule has 0 spiro atoms. The number of ether oxygens (including phenoxy) is 1. The Labute approximate surface area is 174 Å². The minimum Gasteiger partial charge on any atom is -0.454 e. The standard InChI is InChI=1S/C20H18N4O7/c1-11-7-15(16(24(29)30)8-12(11)2)21-17(25)10-31-18(26)9-23-20(28)14-6-4-3-5-13(14)19(27)22-23/h3-8H,9-10H2,1-2H3,(H,21,25)(H,22,27). The zero-order valence-corrected chi connectivity index (χ0v) is 16.6. The van der Waals surface area contributed by atoms with E-state index in [-0.39, 0.29) is 22.1 Å². The Morgan fingerprint density at radius 1 is 1.13 bits per heavy atom. The van der Waals surface area contributed by atoms with E-state index in [0.29, 0.717) is 5.56 Å². The molecule has 11 heteroatoms. The normalized spacial score (nSPS) is 10.6. The van der Waals surface area contributed by atoms with E-state index in [9.17, 15) is 29.3 Å². The summed E-state index contributed by atoms with van der Waals surface area (Å²) < 4.78 is 5.63. The van der Waals surface area contributed by atoms with Crippen molar-refractivity contribution in [2.45, 2.75) is 20.4 Å². The van der Waals surface area contributed by atoms with E-state index in [1.165, 1.54) is 24.3 Å². The second-order valence-electron chi connectivity index (χ2n) is 6.80. The van der Waals surface area contributed by atoms with Gasteiger partial charge in [0.1, 0.15) is 12.2 Å². The molecule has 0 atom stereocenters. The number of rotatable bonds is 6. The number of fused-ring (bicyclic) bond motifs is 1. The average Bonchev–Trinajstić information content (AvgIpc) is 2.72. The van der Waals surface area contributed by atoms with Crippen LogP contribution in [0.4, 0.5) is 11.4 Å². The first-order valence-corrected chi connectivity index (χ1v) is 9.10. The van der Waals surface area contributed by atoms with Crippen LogP contribution >= 0.6 is 0 Å². The first-order valence-electron chi connectivity index (χ1n) is 9.10. The summed E-state index contributed by atoms with van der Waals surface area (Å²) in [6, 6.07) is 8.91. The lowest BCUT2D eigenvalue weighted by atomic mass is 10.1. The van der Waals surface area contributed by atoms with Gasteiger partial charge >= 0.3 is 5.97 Å². The lowest BCUT2D eigenvalue weighted by molar-refractivity contribution is -0.384. The summed E-state index contributed by atoms with van der Waals surface area (Å²) in [6.07, 6.45) is 0. The predicted octanol–water partition coefficient (Wildman–Crippen LogP) is 1.40. The summed E-state index contributed by atoms with van der Waals surface area (Å²) in [5, 5.41) is 16.1. The van der Waals surface area contributed by atoms with E-state index in [1.54, 1.807) is 26.0 Å². The topological polar surface area (TPSA) is 153 Å². The highest BCUT2D eigenvalue weighted by atomic mass is 16.6. The second-order valence-corrected chi connectivity index (χ2v) is 6.80. The van der Waals surface area contributed by atoms with Gasteiger partial charge in [-0.3, -0.25) is 34.4 Å². The number of nitrogens with one attached hydrogen (secondary N) is 2. The van der Waals surface area contributed by atoms with E-state index in [4.69, 9.17) is 4.74 Å². The Morgan fingerprint density at radius 2 is 1.77 bits per heavy atom. The van der Waals surface area contributed by atoms with Gasteiger partial charge in [-0.1, -0.05) is 12.1 Å². The summed E-state index contributed by atoms with van der Waals surface area (Å²) in [6.45, 7) is 2.09. The van der Waals surface area contributed by atoms with Crippen molar-refractivity contribution in [3.05, 3.63) is 78.3 Å². The molecule has 0 fully saturated rings. The average molecular weight is 426 g/mol. The quantitative estimate of drug-likeness (QED) is 0.343. The highest BCUT2D eigenvalue weighted by molar-refractivity contribution is 5.95. The van der Waals surface area contributed by atoms with Crippen LogP contribution in [0.15, 0.2) is 46.0 Å². The van der Waals surface area contributed by atoms with Crippen molar-refractivity contribution < 1.29 is 19.2 Å². The van der Waals surface area contributed by atoms with Gasteiger partial charge in [-0.25, -0.2) is 4.68 Å². The molecule has 0 aliphatic heterocycles. The van der Waals surface area contributed by atoms with Crippen molar-refractivity contribution in [2.24, 2.45) is 0 Å². The van der Waals surface area contributed by atoms with Crippen molar-refractivity contribution in [2.75, 3.05) is 11.9 Å². The molecular formula is C20H18N4O7. The van der Waals surface area contributed by atoms with Crippen LogP contribution in [0.25, 0.3) is 10.8 Å².